The smallest absolute Gasteiger partial charge is 0.162 e. The summed E-state index contributed by atoms with van der Waals surface area (Å²) in [6, 6.07) is 0. The molecular formula is C10H19NO2S. The number of ether oxygens (including phenoxy) is 1. The van der Waals surface area contributed by atoms with Crippen LogP contribution in [0.2, 0.25) is 0 Å². The van der Waals surface area contributed by atoms with Gasteiger partial charge in [0.05, 0.1) is 24.5 Å². The van der Waals surface area contributed by atoms with Crippen molar-refractivity contribution in [2.24, 2.45) is 0 Å². The highest BCUT2D eigenvalue weighted by Crippen LogP contribution is 2.18. The number of thioether (sulfide) groups is 1. The maximum atomic E-state index is 11.9. The Hall–Kier alpha value is -0.0600. The highest BCUT2D eigenvalue weighted by atomic mass is 32.2. The molecule has 0 bridgehead atoms. The van der Waals surface area contributed by atoms with Crippen LogP contribution in [0, 0.1) is 0 Å². The number of Topliss-reactive ketones (excluding diaryl/α,β-unsaturated/α-hetero) is 1. The second-order valence-corrected chi connectivity index (χ2v) is 4.88. The van der Waals surface area contributed by atoms with E-state index in [1.165, 1.54) is 0 Å². The number of hydrogen-bond acceptors (Lipinski definition) is 4. The molecule has 1 saturated heterocycles. The van der Waals surface area contributed by atoms with Gasteiger partial charge in [-0.25, -0.2) is 0 Å². The number of nitrogens with zero attached hydrogens (tertiary/aromatic N) is 1. The Balaban J connectivity index is 2.57. The van der Waals surface area contributed by atoms with Gasteiger partial charge in [0, 0.05) is 13.1 Å². The van der Waals surface area contributed by atoms with Crippen molar-refractivity contribution in [3.05, 3.63) is 0 Å². The zero-order chi connectivity index (χ0) is 10.6. The number of rotatable bonds is 4. The summed E-state index contributed by atoms with van der Waals surface area (Å²) in [5.41, 5.74) is -0.327. The third kappa shape index (κ3) is 2.72. The quantitative estimate of drug-likeness (QED) is 0.703. The number of carbonyl (C=O) groups is 1. The van der Waals surface area contributed by atoms with Crippen LogP contribution in [-0.4, -0.2) is 54.5 Å². The molecule has 0 amide bonds. The van der Waals surface area contributed by atoms with Crippen LogP contribution < -0.4 is 0 Å². The first-order valence-corrected chi connectivity index (χ1v) is 6.33. The fraction of sp³-hybridized carbons (Fsp3) is 0.900. The fourth-order valence-electron chi connectivity index (χ4n) is 1.61. The van der Waals surface area contributed by atoms with Gasteiger partial charge in [-0.1, -0.05) is 0 Å². The summed E-state index contributed by atoms with van der Waals surface area (Å²) in [7, 11) is 0. The maximum absolute atomic E-state index is 11.9. The van der Waals surface area contributed by atoms with Gasteiger partial charge in [-0.2, -0.15) is 11.8 Å². The summed E-state index contributed by atoms with van der Waals surface area (Å²) in [5, 5.41) is 0. The topological polar surface area (TPSA) is 29.5 Å². The minimum absolute atomic E-state index is 0.312. The Kier molecular flexibility index (Phi) is 4.41. The lowest BCUT2D eigenvalue weighted by Crippen LogP contribution is -2.55. The molecule has 0 aromatic carbocycles. The first-order chi connectivity index (χ1) is 6.59. The van der Waals surface area contributed by atoms with Gasteiger partial charge in [-0.3, -0.25) is 9.69 Å². The number of carbonyl (C=O) groups excluding carboxylic acids is 1. The maximum Gasteiger partial charge on any atom is 0.162 e. The molecule has 14 heavy (non-hydrogen) atoms. The molecule has 1 aliphatic rings. The van der Waals surface area contributed by atoms with Crippen LogP contribution in [0.3, 0.4) is 0 Å². The van der Waals surface area contributed by atoms with Gasteiger partial charge >= 0.3 is 0 Å². The summed E-state index contributed by atoms with van der Waals surface area (Å²) >= 11 is 1.59. The Morgan fingerprint density at radius 1 is 1.43 bits per heavy atom. The van der Waals surface area contributed by atoms with E-state index in [9.17, 15) is 4.79 Å². The van der Waals surface area contributed by atoms with Crippen molar-refractivity contribution >= 4 is 17.5 Å². The molecule has 0 saturated carbocycles. The van der Waals surface area contributed by atoms with Gasteiger partial charge in [-0.15, -0.1) is 0 Å². The second-order valence-electron chi connectivity index (χ2n) is 4.01. The van der Waals surface area contributed by atoms with Gasteiger partial charge in [0.1, 0.15) is 0 Å². The molecule has 82 valence electrons. The Morgan fingerprint density at radius 2 is 2.00 bits per heavy atom. The predicted molar refractivity (Wildman–Crippen MR) is 59.9 cm³/mol. The van der Waals surface area contributed by atoms with Crippen molar-refractivity contribution in [3.63, 3.8) is 0 Å². The largest absolute Gasteiger partial charge is 0.379 e. The van der Waals surface area contributed by atoms with Crippen LogP contribution in [0.5, 0.6) is 0 Å². The Labute approximate surface area is 90.2 Å². The summed E-state index contributed by atoms with van der Waals surface area (Å²) in [5.74, 6) is 0.913. The van der Waals surface area contributed by atoms with Crippen LogP contribution in [0.25, 0.3) is 0 Å². The molecule has 1 fully saturated rings. The zero-order valence-corrected chi connectivity index (χ0v) is 10.0. The van der Waals surface area contributed by atoms with Crippen molar-refractivity contribution in [2.75, 3.05) is 38.3 Å². The molecule has 0 atom stereocenters. The van der Waals surface area contributed by atoms with Crippen LogP contribution in [0.15, 0.2) is 0 Å². The minimum atomic E-state index is -0.327. The molecule has 0 aliphatic carbocycles. The highest BCUT2D eigenvalue weighted by molar-refractivity contribution is 7.99. The SMILES string of the molecule is CSCC(=O)C(C)(C)N1CCOCC1. The Bertz CT molecular complexity index is 200. The first-order valence-electron chi connectivity index (χ1n) is 4.94. The van der Waals surface area contributed by atoms with Crippen molar-refractivity contribution < 1.29 is 9.53 Å². The van der Waals surface area contributed by atoms with E-state index >= 15 is 0 Å². The van der Waals surface area contributed by atoms with E-state index < -0.39 is 0 Å². The van der Waals surface area contributed by atoms with Gasteiger partial charge in [0.15, 0.2) is 5.78 Å². The fourth-order valence-corrected chi connectivity index (χ4v) is 2.22. The molecule has 0 aromatic heterocycles. The molecule has 1 rings (SSSR count). The van der Waals surface area contributed by atoms with Crippen LogP contribution in [0.1, 0.15) is 13.8 Å². The van der Waals surface area contributed by atoms with Gasteiger partial charge < -0.3 is 4.74 Å². The molecule has 0 spiro atoms. The van der Waals surface area contributed by atoms with Crippen LogP contribution in [-0.2, 0) is 9.53 Å². The lowest BCUT2D eigenvalue weighted by atomic mass is 9.97. The number of hydrogen-bond donors (Lipinski definition) is 0. The number of morpholine rings is 1. The van der Waals surface area contributed by atoms with Gasteiger partial charge in [0.2, 0.25) is 0 Å². The van der Waals surface area contributed by atoms with E-state index in [1.807, 2.05) is 20.1 Å². The first kappa shape index (κ1) is 12.0. The van der Waals surface area contributed by atoms with Gasteiger partial charge in [0.25, 0.3) is 0 Å². The van der Waals surface area contributed by atoms with Crippen molar-refractivity contribution in [3.8, 4) is 0 Å². The molecule has 1 aliphatic heterocycles. The average molecular weight is 217 g/mol. The third-order valence-corrected chi connectivity index (χ3v) is 3.31. The summed E-state index contributed by atoms with van der Waals surface area (Å²) in [6.07, 6.45) is 1.97. The van der Waals surface area contributed by atoms with E-state index in [2.05, 4.69) is 4.90 Å². The predicted octanol–water partition coefficient (Wildman–Crippen LogP) is 1.03. The summed E-state index contributed by atoms with van der Waals surface area (Å²) in [6.45, 7) is 7.25. The van der Waals surface area contributed by atoms with E-state index in [4.69, 9.17) is 4.74 Å². The summed E-state index contributed by atoms with van der Waals surface area (Å²) in [4.78, 5) is 14.1. The average Bonchev–Trinajstić information content (AvgIpc) is 2.19. The van der Waals surface area contributed by atoms with Crippen molar-refractivity contribution in [2.45, 2.75) is 19.4 Å². The van der Waals surface area contributed by atoms with Crippen molar-refractivity contribution in [1.29, 1.82) is 0 Å². The number of ketones is 1. The molecule has 3 nitrogen and oxygen atoms in total. The van der Waals surface area contributed by atoms with Gasteiger partial charge in [-0.05, 0) is 20.1 Å². The molecule has 0 radical (unpaired) electrons. The monoisotopic (exact) mass is 217 g/mol. The van der Waals surface area contributed by atoms with E-state index in [0.717, 1.165) is 26.3 Å². The normalized spacial score (nSPS) is 19.6. The molecule has 0 unspecified atom stereocenters. The minimum Gasteiger partial charge on any atom is -0.379 e. The molecule has 4 heteroatoms. The Morgan fingerprint density at radius 3 is 2.50 bits per heavy atom. The molecular weight excluding hydrogens is 198 g/mol. The lowest BCUT2D eigenvalue weighted by Gasteiger charge is -2.39. The van der Waals surface area contributed by atoms with Crippen molar-refractivity contribution in [1.82, 2.24) is 4.90 Å². The van der Waals surface area contributed by atoms with E-state index in [-0.39, 0.29) is 5.54 Å². The third-order valence-electron chi connectivity index (χ3n) is 2.76. The van der Waals surface area contributed by atoms with E-state index in [0.29, 0.717) is 11.5 Å². The molecule has 0 aromatic rings. The van der Waals surface area contributed by atoms with Crippen LogP contribution >= 0.6 is 11.8 Å². The molecule has 1 heterocycles. The van der Waals surface area contributed by atoms with Crippen LogP contribution in [0.4, 0.5) is 0 Å². The standard InChI is InChI=1S/C10H19NO2S/c1-10(2,9(12)8-14-3)11-4-6-13-7-5-11/h4-8H2,1-3H3. The molecule has 0 N–H and O–H groups in total. The summed E-state index contributed by atoms with van der Waals surface area (Å²) < 4.78 is 5.28. The zero-order valence-electron chi connectivity index (χ0n) is 9.21. The second kappa shape index (κ2) is 5.14. The highest BCUT2D eigenvalue weighted by Gasteiger charge is 2.34. The van der Waals surface area contributed by atoms with E-state index in [1.54, 1.807) is 11.8 Å². The lowest BCUT2D eigenvalue weighted by molar-refractivity contribution is -0.129.